The van der Waals surface area contributed by atoms with Crippen LogP contribution in [0.15, 0.2) is 15.4 Å². The van der Waals surface area contributed by atoms with Crippen LogP contribution in [-0.4, -0.2) is 46.2 Å². The molecule has 150 valence electrons. The third-order valence-corrected chi connectivity index (χ3v) is 5.63. The Bertz CT molecular complexity index is 904. The molecule has 0 aromatic carbocycles. The number of piperidine rings is 1. The van der Waals surface area contributed by atoms with Crippen molar-refractivity contribution >= 4 is 5.91 Å². The Morgan fingerprint density at radius 2 is 2.18 bits per heavy atom. The molecule has 0 bridgehead atoms. The molecular formula is C20H26N4O4. The number of hydrogen-bond acceptors (Lipinski definition) is 6. The van der Waals surface area contributed by atoms with E-state index in [1.165, 1.54) is 0 Å². The molecule has 2 aromatic rings. The maximum atomic E-state index is 13.3. The first-order chi connectivity index (χ1) is 13.7. The minimum atomic E-state index is -0.304. The van der Waals surface area contributed by atoms with Crippen LogP contribution in [0.5, 0.6) is 0 Å². The highest BCUT2D eigenvalue weighted by atomic mass is 16.5. The zero-order chi connectivity index (χ0) is 19.5. The summed E-state index contributed by atoms with van der Waals surface area (Å²) in [5.74, 6) is 0.756. The van der Waals surface area contributed by atoms with Gasteiger partial charge in [-0.3, -0.25) is 9.59 Å². The highest BCUT2D eigenvalue weighted by molar-refractivity contribution is 5.94. The fourth-order valence-electron chi connectivity index (χ4n) is 4.12. The molecule has 1 amide bonds. The van der Waals surface area contributed by atoms with E-state index < -0.39 is 0 Å². The number of methoxy groups -OCH3 is 1. The predicted molar refractivity (Wildman–Crippen MR) is 101 cm³/mol. The molecule has 1 aliphatic heterocycles. The number of carbonyl (C=O) groups excluding carboxylic acids is 1. The summed E-state index contributed by atoms with van der Waals surface area (Å²) in [6.45, 7) is 1.09. The summed E-state index contributed by atoms with van der Waals surface area (Å²) in [5, 5.41) is 4.00. The molecule has 8 heteroatoms. The summed E-state index contributed by atoms with van der Waals surface area (Å²) in [6.07, 6.45) is 7.13. The van der Waals surface area contributed by atoms with Crippen molar-refractivity contribution in [2.24, 2.45) is 0 Å². The quantitative estimate of drug-likeness (QED) is 0.845. The average Bonchev–Trinajstić information content (AvgIpc) is 3.20. The van der Waals surface area contributed by atoms with E-state index in [1.807, 2.05) is 0 Å². The molecule has 8 nitrogen and oxygen atoms in total. The fraction of sp³-hybridized carbons (Fsp3) is 0.600. The highest BCUT2D eigenvalue weighted by Crippen LogP contribution is 2.31. The third kappa shape index (κ3) is 3.73. The van der Waals surface area contributed by atoms with Crippen LogP contribution < -0.4 is 5.56 Å². The van der Waals surface area contributed by atoms with Gasteiger partial charge >= 0.3 is 0 Å². The summed E-state index contributed by atoms with van der Waals surface area (Å²) < 4.78 is 10.5. The number of rotatable bonds is 5. The zero-order valence-electron chi connectivity index (χ0n) is 16.2. The second kappa shape index (κ2) is 8.26. The molecule has 4 rings (SSSR count). The van der Waals surface area contributed by atoms with E-state index >= 15 is 0 Å². The first-order valence-electron chi connectivity index (χ1n) is 10.0. The first kappa shape index (κ1) is 18.9. The van der Waals surface area contributed by atoms with E-state index in [0.29, 0.717) is 31.3 Å². The maximum Gasteiger partial charge on any atom is 0.261 e. The highest BCUT2D eigenvalue weighted by Gasteiger charge is 2.34. The number of carbonyl (C=O) groups is 1. The van der Waals surface area contributed by atoms with Crippen molar-refractivity contribution < 1.29 is 14.1 Å². The lowest BCUT2D eigenvalue weighted by atomic mass is 9.94. The minimum Gasteiger partial charge on any atom is -0.384 e. The Kier molecular flexibility index (Phi) is 5.57. The lowest BCUT2D eigenvalue weighted by Gasteiger charge is -2.33. The number of likely N-dealkylation sites (tertiary alicyclic amines) is 1. The molecule has 1 saturated heterocycles. The Hall–Kier alpha value is -2.48. The average molecular weight is 386 g/mol. The standard InChI is InChI=1S/C20H26N4O4/c1-27-11-9-17-22-19(28-23-17)16-8-4-5-10-24(16)20(26)14-12-13-6-2-3-7-15(13)21-18(14)25/h12,16H,2-11H2,1H3,(H,21,25). The molecule has 0 saturated carbocycles. The second-order valence-corrected chi connectivity index (χ2v) is 7.52. The molecule has 1 N–H and O–H groups in total. The number of hydrogen-bond donors (Lipinski definition) is 1. The SMILES string of the molecule is COCCc1noc(C2CCCCN2C(=O)c2cc3c([nH]c2=O)CCCC3)n1. The van der Waals surface area contributed by atoms with Crippen LogP contribution >= 0.6 is 0 Å². The van der Waals surface area contributed by atoms with Gasteiger partial charge in [0, 0.05) is 25.8 Å². The topological polar surface area (TPSA) is 101 Å². The Morgan fingerprint density at radius 3 is 3.04 bits per heavy atom. The van der Waals surface area contributed by atoms with Gasteiger partial charge in [-0.2, -0.15) is 4.98 Å². The van der Waals surface area contributed by atoms with Gasteiger partial charge in [0.15, 0.2) is 5.82 Å². The van der Waals surface area contributed by atoms with Gasteiger partial charge in [-0.1, -0.05) is 5.16 Å². The fourth-order valence-corrected chi connectivity index (χ4v) is 4.12. The van der Waals surface area contributed by atoms with Crippen molar-refractivity contribution in [3.05, 3.63) is 45.0 Å². The van der Waals surface area contributed by atoms with Crippen molar-refractivity contribution in [1.82, 2.24) is 20.0 Å². The molecule has 1 atom stereocenters. The lowest BCUT2D eigenvalue weighted by Crippen LogP contribution is -2.41. The molecule has 28 heavy (non-hydrogen) atoms. The van der Waals surface area contributed by atoms with E-state index in [-0.39, 0.29) is 23.1 Å². The summed E-state index contributed by atoms with van der Waals surface area (Å²) >= 11 is 0. The van der Waals surface area contributed by atoms with Crippen molar-refractivity contribution in [3.63, 3.8) is 0 Å². The Morgan fingerprint density at radius 1 is 1.32 bits per heavy atom. The number of H-pyrrole nitrogens is 1. The number of amides is 1. The lowest BCUT2D eigenvalue weighted by molar-refractivity contribution is 0.0559. The van der Waals surface area contributed by atoms with E-state index in [2.05, 4.69) is 15.1 Å². The van der Waals surface area contributed by atoms with E-state index in [0.717, 1.165) is 56.2 Å². The number of aryl methyl sites for hydroxylation is 2. The minimum absolute atomic E-state index is 0.215. The maximum absolute atomic E-state index is 13.3. The van der Waals surface area contributed by atoms with Crippen LogP contribution in [0.2, 0.25) is 0 Å². The normalized spacial score (nSPS) is 19.5. The number of aromatic amines is 1. The molecule has 0 spiro atoms. The molecule has 2 aliphatic rings. The van der Waals surface area contributed by atoms with Crippen LogP contribution in [0.1, 0.15) is 71.5 Å². The third-order valence-electron chi connectivity index (χ3n) is 5.63. The number of nitrogens with zero attached hydrogens (tertiary/aromatic N) is 3. The summed E-state index contributed by atoms with van der Waals surface area (Å²) in [7, 11) is 1.62. The van der Waals surface area contributed by atoms with Crippen molar-refractivity contribution in [3.8, 4) is 0 Å². The van der Waals surface area contributed by atoms with E-state index in [1.54, 1.807) is 18.1 Å². The van der Waals surface area contributed by atoms with Crippen LogP contribution in [0, 0.1) is 0 Å². The van der Waals surface area contributed by atoms with Crippen LogP contribution in [0.4, 0.5) is 0 Å². The van der Waals surface area contributed by atoms with Gasteiger partial charge in [0.05, 0.1) is 6.61 Å². The molecule has 0 radical (unpaired) electrons. The molecule has 3 heterocycles. The number of nitrogens with one attached hydrogen (secondary N) is 1. The summed E-state index contributed by atoms with van der Waals surface area (Å²) in [5.41, 5.74) is 1.97. The largest absolute Gasteiger partial charge is 0.384 e. The van der Waals surface area contributed by atoms with Gasteiger partial charge in [-0.25, -0.2) is 0 Å². The van der Waals surface area contributed by atoms with Crippen molar-refractivity contribution in [2.45, 2.75) is 57.4 Å². The number of aromatic nitrogens is 3. The van der Waals surface area contributed by atoms with Gasteiger partial charge < -0.3 is 19.1 Å². The van der Waals surface area contributed by atoms with Gasteiger partial charge in [0.1, 0.15) is 11.6 Å². The Balaban J connectivity index is 1.60. The molecule has 1 aliphatic carbocycles. The smallest absolute Gasteiger partial charge is 0.261 e. The molecule has 1 unspecified atom stereocenters. The van der Waals surface area contributed by atoms with Gasteiger partial charge in [0.25, 0.3) is 11.5 Å². The number of pyridine rings is 1. The summed E-state index contributed by atoms with van der Waals surface area (Å²) in [4.78, 5) is 34.9. The summed E-state index contributed by atoms with van der Waals surface area (Å²) in [6, 6.07) is 1.50. The molecule has 1 fully saturated rings. The van der Waals surface area contributed by atoms with Gasteiger partial charge in [-0.15, -0.1) is 0 Å². The molecule has 2 aromatic heterocycles. The Labute approximate surface area is 163 Å². The van der Waals surface area contributed by atoms with Crippen molar-refractivity contribution in [2.75, 3.05) is 20.3 Å². The van der Waals surface area contributed by atoms with Crippen LogP contribution in [0.25, 0.3) is 0 Å². The van der Waals surface area contributed by atoms with Gasteiger partial charge in [-0.05, 0) is 56.6 Å². The first-order valence-corrected chi connectivity index (χ1v) is 10.0. The number of fused-ring (bicyclic) bond motifs is 1. The van der Waals surface area contributed by atoms with Crippen LogP contribution in [0.3, 0.4) is 0 Å². The van der Waals surface area contributed by atoms with Gasteiger partial charge in [0.2, 0.25) is 5.89 Å². The zero-order valence-corrected chi connectivity index (χ0v) is 16.2. The van der Waals surface area contributed by atoms with Crippen LogP contribution in [-0.2, 0) is 24.0 Å². The number of ether oxygens (including phenoxy) is 1. The molecular weight excluding hydrogens is 360 g/mol. The predicted octanol–water partition coefficient (Wildman–Crippen LogP) is 2.19. The van der Waals surface area contributed by atoms with Crippen molar-refractivity contribution in [1.29, 1.82) is 0 Å². The van der Waals surface area contributed by atoms with E-state index in [9.17, 15) is 9.59 Å². The monoisotopic (exact) mass is 386 g/mol. The second-order valence-electron chi connectivity index (χ2n) is 7.52. The van der Waals surface area contributed by atoms with E-state index in [4.69, 9.17) is 9.26 Å².